The van der Waals surface area contributed by atoms with Crippen LogP contribution in [0.1, 0.15) is 17.0 Å². The Hall–Kier alpha value is -3.17. The molecule has 0 saturated carbocycles. The molecule has 1 amide bonds. The van der Waals surface area contributed by atoms with Crippen molar-refractivity contribution in [3.05, 3.63) is 71.8 Å². The van der Waals surface area contributed by atoms with Crippen molar-refractivity contribution in [2.24, 2.45) is 7.05 Å². The van der Waals surface area contributed by atoms with E-state index in [0.29, 0.717) is 18.0 Å². The van der Waals surface area contributed by atoms with Crippen LogP contribution in [0.3, 0.4) is 0 Å². The van der Waals surface area contributed by atoms with Crippen molar-refractivity contribution in [3.8, 4) is 5.75 Å². The highest BCUT2D eigenvalue weighted by Gasteiger charge is 2.23. The molecule has 1 N–H and O–H groups in total. The highest BCUT2D eigenvalue weighted by molar-refractivity contribution is 7.89. The SMILES string of the molecule is Cc1ccc(S(=O)(=O)N(C)CC(=O)Nc2ccc(OCc3nccn3C)cc2)cc1C. The highest BCUT2D eigenvalue weighted by Crippen LogP contribution is 2.19. The number of amides is 1. The van der Waals surface area contributed by atoms with E-state index in [0.717, 1.165) is 21.3 Å². The fourth-order valence-corrected chi connectivity index (χ4v) is 4.07. The van der Waals surface area contributed by atoms with Gasteiger partial charge in [-0.2, -0.15) is 4.31 Å². The minimum absolute atomic E-state index is 0.167. The number of aryl methyl sites for hydroxylation is 3. The Kier molecular flexibility index (Phi) is 6.77. The topological polar surface area (TPSA) is 93.5 Å². The fraction of sp³-hybridized carbons (Fsp3) is 0.273. The van der Waals surface area contributed by atoms with E-state index in [-0.39, 0.29) is 11.4 Å². The normalized spacial score (nSPS) is 11.5. The molecule has 164 valence electrons. The number of nitrogens with zero attached hydrogens (tertiary/aromatic N) is 3. The van der Waals surface area contributed by atoms with E-state index in [9.17, 15) is 13.2 Å². The lowest BCUT2D eigenvalue weighted by atomic mass is 10.1. The van der Waals surface area contributed by atoms with Gasteiger partial charge in [0.05, 0.1) is 11.4 Å². The summed E-state index contributed by atoms with van der Waals surface area (Å²) in [5, 5.41) is 2.71. The number of rotatable bonds is 8. The van der Waals surface area contributed by atoms with E-state index in [1.54, 1.807) is 48.7 Å². The quantitative estimate of drug-likeness (QED) is 0.579. The molecule has 31 heavy (non-hydrogen) atoms. The van der Waals surface area contributed by atoms with Gasteiger partial charge >= 0.3 is 0 Å². The predicted octanol–water partition coefficient (Wildman–Crippen LogP) is 2.88. The fourth-order valence-electron chi connectivity index (χ4n) is 2.86. The number of nitrogens with one attached hydrogen (secondary N) is 1. The molecule has 1 heterocycles. The molecule has 0 saturated heterocycles. The summed E-state index contributed by atoms with van der Waals surface area (Å²) >= 11 is 0. The first kappa shape index (κ1) is 22.5. The number of carbonyl (C=O) groups excluding carboxylic acids is 1. The second-order valence-corrected chi connectivity index (χ2v) is 9.37. The van der Waals surface area contributed by atoms with Crippen molar-refractivity contribution < 1.29 is 17.9 Å². The summed E-state index contributed by atoms with van der Waals surface area (Å²) in [6.45, 7) is 3.80. The zero-order valence-electron chi connectivity index (χ0n) is 18.0. The third kappa shape index (κ3) is 5.50. The van der Waals surface area contributed by atoms with Gasteiger partial charge in [0.2, 0.25) is 15.9 Å². The molecule has 3 aromatic rings. The van der Waals surface area contributed by atoms with Crippen LogP contribution in [0.2, 0.25) is 0 Å². The van der Waals surface area contributed by atoms with Crippen LogP contribution in [0, 0.1) is 13.8 Å². The van der Waals surface area contributed by atoms with Gasteiger partial charge in [-0.3, -0.25) is 4.79 Å². The average molecular weight is 443 g/mol. The van der Waals surface area contributed by atoms with Gasteiger partial charge in [-0.1, -0.05) is 6.07 Å². The maximum atomic E-state index is 12.7. The molecule has 0 spiro atoms. The van der Waals surface area contributed by atoms with E-state index in [4.69, 9.17) is 4.74 Å². The van der Waals surface area contributed by atoms with Crippen LogP contribution in [0.15, 0.2) is 59.8 Å². The van der Waals surface area contributed by atoms with Gasteiger partial charge in [0.1, 0.15) is 18.2 Å². The van der Waals surface area contributed by atoms with Crippen LogP contribution in [0.5, 0.6) is 5.75 Å². The molecule has 0 unspecified atom stereocenters. The molecule has 0 radical (unpaired) electrons. The number of imidazole rings is 1. The van der Waals surface area contributed by atoms with Crippen LogP contribution in [-0.2, 0) is 28.5 Å². The van der Waals surface area contributed by atoms with Gasteiger partial charge in [0, 0.05) is 32.2 Å². The number of ether oxygens (including phenoxy) is 1. The van der Waals surface area contributed by atoms with Gasteiger partial charge in [0.25, 0.3) is 0 Å². The number of hydrogen-bond acceptors (Lipinski definition) is 5. The van der Waals surface area contributed by atoms with Crippen LogP contribution in [0.4, 0.5) is 5.69 Å². The first-order chi connectivity index (χ1) is 14.7. The Balaban J connectivity index is 1.57. The molecule has 2 aromatic carbocycles. The van der Waals surface area contributed by atoms with Crippen LogP contribution in [-0.4, -0.2) is 41.8 Å². The Labute approximate surface area is 182 Å². The molecule has 8 nitrogen and oxygen atoms in total. The van der Waals surface area contributed by atoms with Crippen LogP contribution in [0.25, 0.3) is 0 Å². The zero-order chi connectivity index (χ0) is 22.6. The number of hydrogen-bond donors (Lipinski definition) is 1. The summed E-state index contributed by atoms with van der Waals surface area (Å²) < 4.78 is 34.1. The van der Waals surface area contributed by atoms with Crippen molar-refractivity contribution in [1.29, 1.82) is 0 Å². The summed E-state index contributed by atoms with van der Waals surface area (Å²) in [6, 6.07) is 11.8. The Bertz CT molecular complexity index is 1170. The zero-order valence-corrected chi connectivity index (χ0v) is 18.8. The van der Waals surface area contributed by atoms with E-state index < -0.39 is 15.9 Å². The maximum absolute atomic E-state index is 12.7. The van der Waals surface area contributed by atoms with E-state index in [1.165, 1.54) is 7.05 Å². The highest BCUT2D eigenvalue weighted by atomic mass is 32.2. The minimum Gasteiger partial charge on any atom is -0.486 e. The monoisotopic (exact) mass is 442 g/mol. The predicted molar refractivity (Wildman–Crippen MR) is 118 cm³/mol. The number of sulfonamides is 1. The lowest BCUT2D eigenvalue weighted by Gasteiger charge is -2.17. The summed E-state index contributed by atoms with van der Waals surface area (Å²) in [7, 11) is -0.482. The third-order valence-corrected chi connectivity index (χ3v) is 6.78. The molecule has 0 atom stereocenters. The third-order valence-electron chi connectivity index (χ3n) is 4.98. The largest absolute Gasteiger partial charge is 0.486 e. The summed E-state index contributed by atoms with van der Waals surface area (Å²) in [4.78, 5) is 16.7. The first-order valence-corrected chi connectivity index (χ1v) is 11.1. The van der Waals surface area contributed by atoms with Crippen molar-refractivity contribution in [2.45, 2.75) is 25.3 Å². The van der Waals surface area contributed by atoms with Gasteiger partial charge in [-0.05, 0) is 61.4 Å². The van der Waals surface area contributed by atoms with E-state index in [2.05, 4.69) is 10.3 Å². The molecule has 0 aliphatic carbocycles. The van der Waals surface area contributed by atoms with Crippen molar-refractivity contribution >= 4 is 21.6 Å². The standard InChI is InChI=1S/C22H26N4O4S/c1-16-5-10-20(13-17(16)2)31(28,29)26(4)14-22(27)24-18-6-8-19(9-7-18)30-15-21-23-11-12-25(21)3/h5-13H,14-15H2,1-4H3,(H,24,27). The maximum Gasteiger partial charge on any atom is 0.243 e. The average Bonchev–Trinajstić information content (AvgIpc) is 3.14. The van der Waals surface area contributed by atoms with Gasteiger partial charge in [0.15, 0.2) is 0 Å². The van der Waals surface area contributed by atoms with Gasteiger partial charge < -0.3 is 14.6 Å². The van der Waals surface area contributed by atoms with E-state index >= 15 is 0 Å². The second kappa shape index (κ2) is 9.32. The smallest absolute Gasteiger partial charge is 0.243 e. The number of carbonyl (C=O) groups is 1. The molecular weight excluding hydrogens is 416 g/mol. The molecule has 0 bridgehead atoms. The second-order valence-electron chi connectivity index (χ2n) is 7.32. The molecule has 1 aromatic heterocycles. The van der Waals surface area contributed by atoms with Crippen molar-refractivity contribution in [1.82, 2.24) is 13.9 Å². The van der Waals surface area contributed by atoms with Gasteiger partial charge in [-0.25, -0.2) is 13.4 Å². The van der Waals surface area contributed by atoms with E-state index in [1.807, 2.05) is 31.7 Å². The summed E-state index contributed by atoms with van der Waals surface area (Å²) in [5.41, 5.74) is 2.43. The minimum atomic E-state index is -3.76. The van der Waals surface area contributed by atoms with Crippen molar-refractivity contribution in [2.75, 3.05) is 18.9 Å². The Morgan fingerprint density at radius 1 is 1.13 bits per heavy atom. The molecular formula is C22H26N4O4S. The van der Waals surface area contributed by atoms with Gasteiger partial charge in [-0.15, -0.1) is 0 Å². The molecule has 3 rings (SSSR count). The number of aromatic nitrogens is 2. The number of benzene rings is 2. The van der Waals surface area contributed by atoms with Crippen LogP contribution < -0.4 is 10.1 Å². The van der Waals surface area contributed by atoms with Crippen LogP contribution >= 0.6 is 0 Å². The lowest BCUT2D eigenvalue weighted by Crippen LogP contribution is -2.35. The Morgan fingerprint density at radius 3 is 2.45 bits per heavy atom. The summed E-state index contributed by atoms with van der Waals surface area (Å²) in [5.74, 6) is 0.998. The number of anilines is 1. The molecule has 9 heteroatoms. The first-order valence-electron chi connectivity index (χ1n) is 9.69. The molecule has 0 fully saturated rings. The summed E-state index contributed by atoms with van der Waals surface area (Å²) in [6.07, 6.45) is 3.54. The lowest BCUT2D eigenvalue weighted by molar-refractivity contribution is -0.116. The molecule has 0 aliphatic rings. The molecule has 0 aliphatic heterocycles. The van der Waals surface area contributed by atoms with Crippen molar-refractivity contribution in [3.63, 3.8) is 0 Å². The Morgan fingerprint density at radius 2 is 1.84 bits per heavy atom. The number of likely N-dealkylation sites (N-methyl/N-ethyl adjacent to an activating group) is 1.